The molecule has 2 aromatic heterocycles. The topological polar surface area (TPSA) is 71.0 Å². The van der Waals surface area contributed by atoms with Crippen LogP contribution in [0.1, 0.15) is 22.6 Å². The molecule has 0 saturated heterocycles. The van der Waals surface area contributed by atoms with Crippen molar-refractivity contribution in [2.24, 2.45) is 0 Å². The van der Waals surface area contributed by atoms with E-state index in [1.54, 1.807) is 29.0 Å². The van der Waals surface area contributed by atoms with Crippen molar-refractivity contribution in [2.75, 3.05) is 11.1 Å². The second kappa shape index (κ2) is 8.14. The molecule has 0 radical (unpaired) electrons. The van der Waals surface area contributed by atoms with Crippen LogP contribution in [0.4, 0.5) is 10.2 Å². The Morgan fingerprint density at radius 2 is 2.15 bits per heavy atom. The Hall–Kier alpha value is -2.98. The van der Waals surface area contributed by atoms with E-state index < -0.39 is 0 Å². The lowest BCUT2D eigenvalue weighted by Gasteiger charge is -2.13. The zero-order chi connectivity index (χ0) is 19.4. The number of anilines is 1. The number of aromatic nitrogens is 1. The van der Waals surface area contributed by atoms with Crippen LogP contribution in [-0.4, -0.2) is 16.2 Å². The van der Waals surface area contributed by atoms with Crippen molar-refractivity contribution in [2.45, 2.75) is 19.6 Å². The number of thioether (sulfide) groups is 1. The number of furan rings is 1. The highest BCUT2D eigenvalue weighted by atomic mass is 32.2. The fraction of sp³-hybridized carbons (Fsp3) is 0.200. The molecule has 0 unspecified atom stereocenters. The van der Waals surface area contributed by atoms with Gasteiger partial charge in [0.1, 0.15) is 23.5 Å². The van der Waals surface area contributed by atoms with Crippen LogP contribution in [0, 0.1) is 31.0 Å². The molecule has 1 N–H and O–H groups in total. The molecule has 2 heterocycles. The van der Waals surface area contributed by atoms with Crippen molar-refractivity contribution < 1.29 is 13.6 Å². The Morgan fingerprint density at radius 1 is 1.33 bits per heavy atom. The van der Waals surface area contributed by atoms with Gasteiger partial charge < -0.3 is 9.73 Å². The number of nitrogens with zero attached hydrogens (tertiary/aromatic N) is 2. The van der Waals surface area contributed by atoms with Crippen LogP contribution in [0.25, 0.3) is 5.69 Å². The van der Waals surface area contributed by atoms with E-state index in [1.165, 1.54) is 23.9 Å². The molecule has 0 aliphatic carbocycles. The van der Waals surface area contributed by atoms with Crippen LogP contribution in [-0.2, 0) is 10.5 Å². The molecule has 0 fully saturated rings. The van der Waals surface area contributed by atoms with E-state index in [0.29, 0.717) is 22.8 Å². The molecule has 7 heteroatoms. The van der Waals surface area contributed by atoms with E-state index in [0.717, 1.165) is 17.0 Å². The van der Waals surface area contributed by atoms with Crippen LogP contribution in [0.3, 0.4) is 0 Å². The average Bonchev–Trinajstić information content (AvgIpc) is 3.22. The van der Waals surface area contributed by atoms with Gasteiger partial charge in [0.05, 0.1) is 29.0 Å². The summed E-state index contributed by atoms with van der Waals surface area (Å²) >= 11 is 1.41. The number of nitrogens with one attached hydrogen (secondary N) is 1. The van der Waals surface area contributed by atoms with Gasteiger partial charge in [-0.25, -0.2) is 4.39 Å². The van der Waals surface area contributed by atoms with Gasteiger partial charge in [0.15, 0.2) is 0 Å². The van der Waals surface area contributed by atoms with Crippen molar-refractivity contribution in [3.63, 3.8) is 0 Å². The fourth-order valence-electron chi connectivity index (χ4n) is 2.81. The Kier molecular flexibility index (Phi) is 5.67. The number of amides is 1. The van der Waals surface area contributed by atoms with Gasteiger partial charge in [0.25, 0.3) is 0 Å². The predicted octanol–water partition coefficient (Wildman–Crippen LogP) is 4.57. The second-order valence-corrected chi connectivity index (χ2v) is 6.97. The van der Waals surface area contributed by atoms with E-state index >= 15 is 0 Å². The minimum absolute atomic E-state index is 0.206. The first kappa shape index (κ1) is 18.8. The third kappa shape index (κ3) is 4.07. The van der Waals surface area contributed by atoms with E-state index in [1.807, 2.05) is 19.9 Å². The average molecular weight is 383 g/mol. The summed E-state index contributed by atoms with van der Waals surface area (Å²) in [5.41, 5.74) is 2.45. The summed E-state index contributed by atoms with van der Waals surface area (Å²) < 4.78 is 20.6. The Bertz CT molecular complexity index is 1000. The van der Waals surface area contributed by atoms with Crippen LogP contribution < -0.4 is 5.32 Å². The normalized spacial score (nSPS) is 10.6. The van der Waals surface area contributed by atoms with Crippen LogP contribution in [0.2, 0.25) is 0 Å². The van der Waals surface area contributed by atoms with Crippen molar-refractivity contribution in [3.8, 4) is 11.8 Å². The highest BCUT2D eigenvalue weighted by Crippen LogP contribution is 2.30. The third-order valence-electron chi connectivity index (χ3n) is 4.21. The molecule has 0 spiro atoms. The van der Waals surface area contributed by atoms with E-state index in [4.69, 9.17) is 4.42 Å². The molecular formula is C20H18FN3O2S. The third-order valence-corrected chi connectivity index (χ3v) is 5.16. The number of hydrogen-bond donors (Lipinski definition) is 1. The summed E-state index contributed by atoms with van der Waals surface area (Å²) in [5, 5.41) is 12.4. The largest absolute Gasteiger partial charge is 0.468 e. The van der Waals surface area contributed by atoms with Crippen molar-refractivity contribution >= 4 is 23.5 Å². The van der Waals surface area contributed by atoms with Gasteiger partial charge in [-0.15, -0.1) is 11.8 Å². The lowest BCUT2D eigenvalue weighted by molar-refractivity contribution is -0.113. The zero-order valence-electron chi connectivity index (χ0n) is 15.0. The SMILES string of the molecule is Cc1c(C#N)c(NC(=O)CSCc2ccco2)n(-c2cccc(F)c2)c1C. The van der Waals surface area contributed by atoms with Gasteiger partial charge in [-0.1, -0.05) is 6.07 Å². The zero-order valence-corrected chi connectivity index (χ0v) is 15.8. The lowest BCUT2D eigenvalue weighted by Crippen LogP contribution is -2.18. The molecule has 0 aliphatic heterocycles. The summed E-state index contributed by atoms with van der Waals surface area (Å²) in [6.45, 7) is 3.65. The number of carbonyl (C=O) groups is 1. The number of carbonyl (C=O) groups excluding carboxylic acids is 1. The number of rotatable bonds is 6. The maximum absolute atomic E-state index is 13.7. The molecule has 0 aliphatic rings. The minimum atomic E-state index is -0.386. The number of hydrogen-bond acceptors (Lipinski definition) is 4. The van der Waals surface area contributed by atoms with Crippen molar-refractivity contribution in [1.29, 1.82) is 5.26 Å². The summed E-state index contributed by atoms with van der Waals surface area (Å²) in [4.78, 5) is 12.4. The smallest absolute Gasteiger partial charge is 0.235 e. The monoisotopic (exact) mass is 383 g/mol. The van der Waals surface area contributed by atoms with E-state index in [-0.39, 0.29) is 17.5 Å². The standard InChI is InChI=1S/C20H18FN3O2S/c1-13-14(2)24(16-6-3-5-15(21)9-16)20(18(13)10-22)23-19(25)12-27-11-17-7-4-8-26-17/h3-9H,11-12H2,1-2H3,(H,23,25). The number of benzene rings is 1. The van der Waals surface area contributed by atoms with Gasteiger partial charge in [-0.05, 0) is 49.7 Å². The summed E-state index contributed by atoms with van der Waals surface area (Å²) in [7, 11) is 0. The Balaban J connectivity index is 1.84. The summed E-state index contributed by atoms with van der Waals surface area (Å²) in [5.74, 6) is 1.32. The quantitative estimate of drug-likeness (QED) is 0.677. The molecule has 1 aromatic carbocycles. The van der Waals surface area contributed by atoms with Crippen molar-refractivity contribution in [1.82, 2.24) is 4.57 Å². The maximum Gasteiger partial charge on any atom is 0.235 e. The van der Waals surface area contributed by atoms with Gasteiger partial charge in [-0.2, -0.15) is 5.26 Å². The molecule has 27 heavy (non-hydrogen) atoms. The fourth-order valence-corrected chi connectivity index (χ4v) is 3.53. The molecule has 0 atom stereocenters. The first-order valence-corrected chi connectivity index (χ1v) is 9.44. The Labute approximate surface area is 160 Å². The van der Waals surface area contributed by atoms with E-state index in [9.17, 15) is 14.4 Å². The number of halogens is 1. The maximum atomic E-state index is 13.7. The van der Waals surface area contributed by atoms with Gasteiger partial charge in [0, 0.05) is 5.69 Å². The lowest BCUT2D eigenvalue weighted by atomic mass is 10.2. The van der Waals surface area contributed by atoms with Crippen LogP contribution in [0.5, 0.6) is 0 Å². The van der Waals surface area contributed by atoms with Gasteiger partial charge in [0.2, 0.25) is 5.91 Å². The van der Waals surface area contributed by atoms with E-state index in [2.05, 4.69) is 11.4 Å². The molecule has 3 aromatic rings. The molecule has 1 amide bonds. The predicted molar refractivity (Wildman–Crippen MR) is 103 cm³/mol. The molecule has 3 rings (SSSR count). The summed E-state index contributed by atoms with van der Waals surface area (Å²) in [6.07, 6.45) is 1.59. The highest BCUT2D eigenvalue weighted by Gasteiger charge is 2.21. The van der Waals surface area contributed by atoms with Crippen LogP contribution in [0.15, 0.2) is 47.1 Å². The Morgan fingerprint density at radius 3 is 2.81 bits per heavy atom. The van der Waals surface area contributed by atoms with Crippen LogP contribution >= 0.6 is 11.8 Å². The summed E-state index contributed by atoms with van der Waals surface area (Å²) in [6, 6.07) is 11.8. The van der Waals surface area contributed by atoms with Gasteiger partial charge >= 0.3 is 0 Å². The first-order valence-electron chi connectivity index (χ1n) is 8.29. The molecule has 0 saturated carbocycles. The van der Waals surface area contributed by atoms with Crippen molar-refractivity contribution in [3.05, 3.63) is 71.1 Å². The minimum Gasteiger partial charge on any atom is -0.468 e. The molecule has 5 nitrogen and oxygen atoms in total. The van der Waals surface area contributed by atoms with Gasteiger partial charge in [-0.3, -0.25) is 9.36 Å². The second-order valence-electron chi connectivity index (χ2n) is 5.98. The molecule has 0 bridgehead atoms. The highest BCUT2D eigenvalue weighted by molar-refractivity contribution is 7.99. The first-order chi connectivity index (χ1) is 13.0. The number of nitriles is 1. The molecular weight excluding hydrogens is 365 g/mol. The molecule has 138 valence electrons.